The number of hydrogen-bond acceptors (Lipinski definition) is 8. The average Bonchev–Trinajstić information content (AvgIpc) is 3.13. The summed E-state index contributed by atoms with van der Waals surface area (Å²) in [4.78, 5) is 50.3. The number of amides is 3. The van der Waals surface area contributed by atoms with E-state index in [9.17, 15) is 23.2 Å². The second-order valence-electron chi connectivity index (χ2n) is 8.14. The number of hydrogen-bond donors (Lipinski definition) is 2. The number of aromatic nitrogens is 2. The number of urea groups is 1. The van der Waals surface area contributed by atoms with E-state index in [1.54, 1.807) is 6.07 Å². The molecule has 0 radical (unpaired) electrons. The second kappa shape index (κ2) is 11.9. The van der Waals surface area contributed by atoms with Crippen molar-refractivity contribution in [2.45, 2.75) is 19.0 Å². The Labute approximate surface area is 216 Å². The molecule has 0 aliphatic carbocycles. The highest BCUT2D eigenvalue weighted by Crippen LogP contribution is 2.31. The largest absolute Gasteiger partial charge is 0.457 e. The van der Waals surface area contributed by atoms with Crippen LogP contribution in [-0.4, -0.2) is 78.3 Å². The van der Waals surface area contributed by atoms with Crippen LogP contribution in [0.2, 0.25) is 0 Å². The van der Waals surface area contributed by atoms with Crippen LogP contribution in [0.4, 0.5) is 34.0 Å². The minimum Gasteiger partial charge on any atom is -0.457 e. The fourth-order valence-corrected chi connectivity index (χ4v) is 3.83. The number of nitrogens with zero attached hydrogens (tertiary/aromatic N) is 4. The molecule has 0 unspecified atom stereocenters. The van der Waals surface area contributed by atoms with Gasteiger partial charge in [-0.25, -0.2) is 33.4 Å². The van der Waals surface area contributed by atoms with Crippen molar-refractivity contribution in [2.24, 2.45) is 0 Å². The van der Waals surface area contributed by atoms with E-state index in [0.29, 0.717) is 0 Å². The topological polar surface area (TPSA) is 126 Å². The van der Waals surface area contributed by atoms with Gasteiger partial charge in [-0.15, -0.1) is 0 Å². The van der Waals surface area contributed by atoms with Crippen molar-refractivity contribution >= 4 is 35.1 Å². The number of rotatable bonds is 6. The number of cyclic esters (lactones) is 1. The summed E-state index contributed by atoms with van der Waals surface area (Å²) >= 11 is 0. The van der Waals surface area contributed by atoms with Crippen LogP contribution in [0.1, 0.15) is 14.8 Å². The molecule has 1 aromatic heterocycles. The van der Waals surface area contributed by atoms with Gasteiger partial charge in [0, 0.05) is 34.8 Å². The number of benzene rings is 1. The quantitative estimate of drug-likeness (QED) is 0.422. The lowest BCUT2D eigenvalue weighted by atomic mass is 10.00. The molecule has 2 N–H and O–H groups in total. The molecule has 1 saturated heterocycles. The summed E-state index contributed by atoms with van der Waals surface area (Å²) in [6, 6.07) is 2.89. The van der Waals surface area contributed by atoms with Gasteiger partial charge in [-0.2, -0.15) is 8.78 Å². The number of esters is 1. The predicted octanol–water partition coefficient (Wildman–Crippen LogP) is 2.61. The van der Waals surface area contributed by atoms with Crippen LogP contribution in [0, 0.1) is 11.6 Å². The molecular weight excluding hydrogens is 516 g/mol. The van der Waals surface area contributed by atoms with Crippen molar-refractivity contribution in [2.75, 3.05) is 43.0 Å². The van der Waals surface area contributed by atoms with E-state index in [-0.39, 0.29) is 64.8 Å². The standard InChI is InChI=1S/C23H22F4N6O5.2H2/c24-16-10-13(15-3-2-14(38-21(15)35)12-30-20(34)19(26)27)11-17(25)18(16)32-6-7-33(37-9-8-32)23(36)31-22-28-4-1-5-29-22;;/h1,3-5,10-11,14,19H,2,6-9,12H2,(H,30,34)(H,28,29,31,36);2*1H/t14-;;/m1../s1. The predicted molar refractivity (Wildman–Crippen MR) is 128 cm³/mol. The van der Waals surface area contributed by atoms with Crippen LogP contribution in [0.3, 0.4) is 0 Å². The van der Waals surface area contributed by atoms with Crippen LogP contribution in [0.15, 0.2) is 36.7 Å². The first-order valence-corrected chi connectivity index (χ1v) is 11.4. The molecule has 0 bridgehead atoms. The van der Waals surface area contributed by atoms with E-state index in [1.165, 1.54) is 23.4 Å². The number of carbonyl (C=O) groups is 3. The van der Waals surface area contributed by atoms with Gasteiger partial charge in [0.2, 0.25) is 5.95 Å². The molecule has 2 aliphatic heterocycles. The van der Waals surface area contributed by atoms with Gasteiger partial charge in [-0.1, -0.05) is 6.08 Å². The Morgan fingerprint density at radius 1 is 1.13 bits per heavy atom. The van der Waals surface area contributed by atoms with Crippen molar-refractivity contribution in [3.8, 4) is 0 Å². The molecule has 3 amide bonds. The zero-order chi connectivity index (χ0) is 27.2. The molecule has 15 heteroatoms. The van der Waals surface area contributed by atoms with Gasteiger partial charge in [0.25, 0.3) is 5.91 Å². The maximum Gasteiger partial charge on any atom is 0.348 e. The highest BCUT2D eigenvalue weighted by Gasteiger charge is 2.29. The fourth-order valence-electron chi connectivity index (χ4n) is 3.83. The van der Waals surface area contributed by atoms with Gasteiger partial charge in [0.05, 0.1) is 25.3 Å². The van der Waals surface area contributed by atoms with E-state index < -0.39 is 42.1 Å². The SMILES string of the molecule is O=C1O[C@@H](CNC(=O)C(F)F)CC=C1c1cc(F)c(N2CCON(C(=O)Nc3ncccn3)CC2)c(F)c1.[HH].[HH]. The van der Waals surface area contributed by atoms with Crippen molar-refractivity contribution in [3.05, 3.63) is 53.9 Å². The minimum atomic E-state index is -3.20. The first-order valence-electron chi connectivity index (χ1n) is 11.4. The molecule has 1 aromatic carbocycles. The number of hydroxylamine groups is 2. The molecule has 206 valence electrons. The lowest BCUT2D eigenvalue weighted by Crippen LogP contribution is -2.39. The fraction of sp³-hybridized carbons (Fsp3) is 0.348. The van der Waals surface area contributed by atoms with Crippen molar-refractivity contribution < 1.29 is 44.4 Å². The van der Waals surface area contributed by atoms with Crippen molar-refractivity contribution in [3.63, 3.8) is 0 Å². The Hall–Kier alpha value is -4.27. The molecule has 0 spiro atoms. The molecule has 2 aromatic rings. The van der Waals surface area contributed by atoms with Crippen LogP contribution in [-0.2, 0) is 19.2 Å². The Bertz CT molecular complexity index is 1220. The molecule has 0 saturated carbocycles. The molecule has 38 heavy (non-hydrogen) atoms. The smallest absolute Gasteiger partial charge is 0.348 e. The lowest BCUT2D eigenvalue weighted by molar-refractivity contribution is -0.144. The molecule has 4 rings (SSSR count). The van der Waals surface area contributed by atoms with Crippen molar-refractivity contribution in [1.82, 2.24) is 20.3 Å². The average molecular weight is 542 g/mol. The van der Waals surface area contributed by atoms with Gasteiger partial charge in [0.1, 0.15) is 23.4 Å². The molecular formula is C23H26F4N6O5. The zero-order valence-corrected chi connectivity index (χ0v) is 19.7. The van der Waals surface area contributed by atoms with Crippen LogP contribution >= 0.6 is 0 Å². The number of halogens is 4. The summed E-state index contributed by atoms with van der Waals surface area (Å²) in [7, 11) is 0. The van der Waals surface area contributed by atoms with Gasteiger partial charge < -0.3 is 15.0 Å². The van der Waals surface area contributed by atoms with Gasteiger partial charge in [0.15, 0.2) is 0 Å². The Balaban J connectivity index is 0.00000280. The van der Waals surface area contributed by atoms with Crippen molar-refractivity contribution in [1.29, 1.82) is 0 Å². The summed E-state index contributed by atoms with van der Waals surface area (Å²) in [5.74, 6) is -4.24. The first-order chi connectivity index (χ1) is 18.2. The van der Waals surface area contributed by atoms with Crippen LogP contribution in [0.25, 0.3) is 5.57 Å². The number of nitrogens with one attached hydrogen (secondary N) is 2. The van der Waals surface area contributed by atoms with Gasteiger partial charge in [-0.3, -0.25) is 14.9 Å². The maximum absolute atomic E-state index is 15.1. The van der Waals surface area contributed by atoms with Gasteiger partial charge in [-0.05, 0) is 23.8 Å². The molecule has 3 heterocycles. The summed E-state index contributed by atoms with van der Waals surface area (Å²) in [6.45, 7) is -0.307. The Morgan fingerprint density at radius 2 is 1.84 bits per heavy atom. The summed E-state index contributed by atoms with van der Waals surface area (Å²) in [5, 5.41) is 5.41. The molecule has 2 aliphatic rings. The van der Waals surface area contributed by atoms with E-state index in [0.717, 1.165) is 17.2 Å². The number of carbonyl (C=O) groups excluding carboxylic acids is 3. The number of anilines is 2. The summed E-state index contributed by atoms with van der Waals surface area (Å²) < 4.78 is 59.9. The van der Waals surface area contributed by atoms with E-state index in [1.807, 2.05) is 5.32 Å². The highest BCUT2D eigenvalue weighted by atomic mass is 19.3. The first kappa shape index (κ1) is 26.8. The monoisotopic (exact) mass is 542 g/mol. The zero-order valence-electron chi connectivity index (χ0n) is 19.7. The normalized spacial score (nSPS) is 18.0. The third-order valence-electron chi connectivity index (χ3n) is 5.62. The lowest BCUT2D eigenvalue weighted by Gasteiger charge is -2.25. The summed E-state index contributed by atoms with van der Waals surface area (Å²) in [5.41, 5.74) is -0.530. The van der Waals surface area contributed by atoms with Gasteiger partial charge >= 0.3 is 18.4 Å². The summed E-state index contributed by atoms with van der Waals surface area (Å²) in [6.07, 6.45) is 0.205. The highest BCUT2D eigenvalue weighted by molar-refractivity contribution is 6.17. The van der Waals surface area contributed by atoms with Crippen LogP contribution in [0.5, 0.6) is 0 Å². The molecule has 1 fully saturated rings. The maximum atomic E-state index is 15.1. The number of alkyl halides is 2. The third kappa shape index (κ3) is 6.34. The molecule has 1 atom stereocenters. The van der Waals surface area contributed by atoms with E-state index in [2.05, 4.69) is 15.3 Å². The van der Waals surface area contributed by atoms with Crippen LogP contribution < -0.4 is 15.5 Å². The van der Waals surface area contributed by atoms with E-state index in [4.69, 9.17) is 9.57 Å². The van der Waals surface area contributed by atoms with E-state index >= 15 is 8.78 Å². The number of ether oxygens (including phenoxy) is 1. The Morgan fingerprint density at radius 3 is 2.50 bits per heavy atom. The third-order valence-corrected chi connectivity index (χ3v) is 5.62. The Kier molecular flexibility index (Phi) is 8.35. The molecule has 11 nitrogen and oxygen atoms in total. The minimum absolute atomic E-state index is 0. The second-order valence-corrected chi connectivity index (χ2v) is 8.14.